The fourth-order valence-corrected chi connectivity index (χ4v) is 2.41. The van der Waals surface area contributed by atoms with Crippen LogP contribution in [-0.2, 0) is 19.9 Å². The number of esters is 1. The van der Waals surface area contributed by atoms with Gasteiger partial charge in [0.05, 0.1) is 6.61 Å². The molecule has 0 saturated heterocycles. The summed E-state index contributed by atoms with van der Waals surface area (Å²) in [5.74, 6) is -1.94. The third kappa shape index (κ3) is 3.80. The van der Waals surface area contributed by atoms with Crippen LogP contribution in [0.15, 0.2) is 17.5 Å². The van der Waals surface area contributed by atoms with E-state index in [9.17, 15) is 27.9 Å². The Morgan fingerprint density at radius 3 is 2.50 bits per heavy atom. The molecule has 8 heteroatoms. The number of carbonyl (C=O) groups is 2. The minimum atomic E-state index is -5.01. The molecule has 1 N–H and O–H groups in total. The van der Waals surface area contributed by atoms with Crippen molar-refractivity contribution in [2.75, 3.05) is 6.61 Å². The largest absolute Gasteiger partial charge is 0.466 e. The normalized spacial score (nSPS) is 14.7. The van der Waals surface area contributed by atoms with Crippen LogP contribution in [0.25, 0.3) is 0 Å². The molecule has 0 spiro atoms. The predicted molar refractivity (Wildman–Crippen MR) is 65.1 cm³/mol. The lowest BCUT2D eigenvalue weighted by Crippen LogP contribution is -2.43. The summed E-state index contributed by atoms with van der Waals surface area (Å²) in [7, 11) is 0. The maximum absolute atomic E-state index is 13.0. The molecule has 1 atom stereocenters. The zero-order valence-corrected chi connectivity index (χ0v) is 11.4. The van der Waals surface area contributed by atoms with Crippen LogP contribution in [0.4, 0.5) is 13.2 Å². The number of thiophene rings is 1. The molecule has 0 saturated carbocycles. The van der Waals surface area contributed by atoms with Crippen LogP contribution in [0.5, 0.6) is 0 Å². The third-order valence-electron chi connectivity index (χ3n) is 2.50. The first kappa shape index (κ1) is 16.6. The molecule has 1 aromatic rings. The molecule has 112 valence electrons. The van der Waals surface area contributed by atoms with Crippen molar-refractivity contribution in [3.63, 3.8) is 0 Å². The summed E-state index contributed by atoms with van der Waals surface area (Å²) in [6.07, 6.45) is -7.02. The summed E-state index contributed by atoms with van der Waals surface area (Å²) in [5.41, 5.74) is -3.27. The fraction of sp³-hybridized carbons (Fsp3) is 0.500. The maximum atomic E-state index is 13.0. The summed E-state index contributed by atoms with van der Waals surface area (Å²) in [4.78, 5) is 22.2. The van der Waals surface area contributed by atoms with Crippen LogP contribution in [0.1, 0.15) is 24.6 Å². The van der Waals surface area contributed by atoms with E-state index in [0.717, 1.165) is 6.07 Å². The Bertz CT molecular complexity index is 470. The van der Waals surface area contributed by atoms with E-state index in [1.165, 1.54) is 18.4 Å². The zero-order chi connectivity index (χ0) is 15.4. The van der Waals surface area contributed by atoms with E-state index in [2.05, 4.69) is 4.74 Å². The van der Waals surface area contributed by atoms with Gasteiger partial charge in [0.25, 0.3) is 0 Å². The van der Waals surface area contributed by atoms with Gasteiger partial charge >= 0.3 is 12.1 Å². The summed E-state index contributed by atoms with van der Waals surface area (Å²) in [6, 6.07) is 2.43. The molecule has 1 aromatic heterocycles. The lowest BCUT2D eigenvalue weighted by Gasteiger charge is -2.28. The highest BCUT2D eigenvalue weighted by molar-refractivity contribution is 7.10. The second-order valence-electron chi connectivity index (χ2n) is 4.03. The number of halogens is 3. The Balaban J connectivity index is 2.88. The molecule has 4 nitrogen and oxygen atoms in total. The van der Waals surface area contributed by atoms with Gasteiger partial charge in [0, 0.05) is 11.3 Å². The van der Waals surface area contributed by atoms with E-state index in [-0.39, 0.29) is 11.5 Å². The first-order valence-electron chi connectivity index (χ1n) is 5.71. The number of rotatable bonds is 6. The predicted octanol–water partition coefficient (Wildman–Crippen LogP) is 2.41. The molecule has 0 aliphatic rings. The average molecular weight is 310 g/mol. The Morgan fingerprint density at radius 1 is 1.40 bits per heavy atom. The van der Waals surface area contributed by atoms with Crippen LogP contribution in [-0.4, -0.2) is 29.6 Å². The van der Waals surface area contributed by atoms with Crippen LogP contribution < -0.4 is 0 Å². The molecule has 0 aromatic carbocycles. The number of hydrogen-bond acceptors (Lipinski definition) is 5. The van der Waals surface area contributed by atoms with Gasteiger partial charge in [0.1, 0.15) is 12.2 Å². The van der Waals surface area contributed by atoms with Crippen molar-refractivity contribution < 1.29 is 32.6 Å². The van der Waals surface area contributed by atoms with Crippen molar-refractivity contribution in [2.24, 2.45) is 0 Å². The summed E-state index contributed by atoms with van der Waals surface area (Å²) < 4.78 is 43.5. The highest BCUT2D eigenvalue weighted by atomic mass is 32.1. The van der Waals surface area contributed by atoms with Gasteiger partial charge in [0.2, 0.25) is 5.60 Å². The second-order valence-corrected chi connectivity index (χ2v) is 4.98. The number of aliphatic hydroxyl groups is 1. The molecule has 1 heterocycles. The Kier molecular flexibility index (Phi) is 5.29. The quantitative estimate of drug-likeness (QED) is 0.647. The van der Waals surface area contributed by atoms with Crippen molar-refractivity contribution in [1.82, 2.24) is 0 Å². The second kappa shape index (κ2) is 6.36. The lowest BCUT2D eigenvalue weighted by molar-refractivity contribution is -0.265. The highest BCUT2D eigenvalue weighted by Crippen LogP contribution is 2.43. The molecule has 0 unspecified atom stereocenters. The molecule has 20 heavy (non-hydrogen) atoms. The highest BCUT2D eigenvalue weighted by Gasteiger charge is 2.56. The number of hydrogen-bond donors (Lipinski definition) is 1. The van der Waals surface area contributed by atoms with Crippen molar-refractivity contribution >= 4 is 23.1 Å². The molecule has 0 radical (unpaired) electrons. The van der Waals surface area contributed by atoms with Crippen LogP contribution in [0.2, 0.25) is 0 Å². The van der Waals surface area contributed by atoms with Gasteiger partial charge in [-0.2, -0.15) is 13.2 Å². The van der Waals surface area contributed by atoms with Crippen molar-refractivity contribution in [3.05, 3.63) is 22.4 Å². The van der Waals surface area contributed by atoms with Gasteiger partial charge in [-0.1, -0.05) is 6.07 Å². The van der Waals surface area contributed by atoms with E-state index in [1.54, 1.807) is 0 Å². The van der Waals surface area contributed by atoms with Crippen LogP contribution in [0, 0.1) is 0 Å². The molecular weight excluding hydrogens is 297 g/mol. The summed E-state index contributed by atoms with van der Waals surface area (Å²) in [5, 5.41) is 11.2. The molecule has 0 aliphatic carbocycles. The van der Waals surface area contributed by atoms with Gasteiger partial charge in [-0.25, -0.2) is 0 Å². The van der Waals surface area contributed by atoms with Crippen molar-refractivity contribution in [1.29, 1.82) is 0 Å². The van der Waals surface area contributed by atoms with E-state index >= 15 is 0 Å². The zero-order valence-electron chi connectivity index (χ0n) is 10.6. The molecule has 0 fully saturated rings. The molecule has 0 aliphatic heterocycles. The van der Waals surface area contributed by atoms with Crippen LogP contribution >= 0.6 is 11.3 Å². The summed E-state index contributed by atoms with van der Waals surface area (Å²) >= 11 is 0.689. The number of ketones is 1. The van der Waals surface area contributed by atoms with E-state index in [1.807, 2.05) is 0 Å². The minimum absolute atomic E-state index is 0.0283. The van der Waals surface area contributed by atoms with Gasteiger partial charge in [0.15, 0.2) is 0 Å². The number of Topliss-reactive ketones (excluding diaryl/α,β-unsaturated/α-hetero) is 1. The maximum Gasteiger partial charge on any atom is 0.422 e. The van der Waals surface area contributed by atoms with Gasteiger partial charge < -0.3 is 9.84 Å². The summed E-state index contributed by atoms with van der Waals surface area (Å²) in [6.45, 7) is 1.54. The Labute approximate surface area is 117 Å². The standard InChI is InChI=1S/C12H13F3O4S/c1-2-19-10(17)6-8(16)7-11(18,12(13,14)15)9-4-3-5-20-9/h3-5,18H,2,6-7H2,1H3/t11-/m0/s1. The van der Waals surface area contributed by atoms with E-state index < -0.39 is 36.4 Å². The Hall–Kier alpha value is -1.41. The molecule has 1 rings (SSSR count). The first-order valence-corrected chi connectivity index (χ1v) is 6.59. The molecule has 0 bridgehead atoms. The lowest BCUT2D eigenvalue weighted by atomic mass is 9.93. The van der Waals surface area contributed by atoms with Crippen molar-refractivity contribution in [2.45, 2.75) is 31.5 Å². The Morgan fingerprint density at radius 2 is 2.05 bits per heavy atom. The van der Waals surface area contributed by atoms with E-state index in [0.29, 0.717) is 11.3 Å². The third-order valence-corrected chi connectivity index (χ3v) is 3.52. The van der Waals surface area contributed by atoms with Gasteiger partial charge in [-0.05, 0) is 18.4 Å². The molecular formula is C12H13F3O4S. The minimum Gasteiger partial charge on any atom is -0.466 e. The van der Waals surface area contributed by atoms with Gasteiger partial charge in [-0.3, -0.25) is 9.59 Å². The topological polar surface area (TPSA) is 63.6 Å². The first-order chi connectivity index (χ1) is 9.20. The number of alkyl halides is 3. The average Bonchev–Trinajstić information content (AvgIpc) is 2.80. The number of ether oxygens (including phenoxy) is 1. The fourth-order valence-electron chi connectivity index (χ4n) is 1.56. The van der Waals surface area contributed by atoms with E-state index in [4.69, 9.17) is 0 Å². The van der Waals surface area contributed by atoms with Gasteiger partial charge in [-0.15, -0.1) is 11.3 Å². The van der Waals surface area contributed by atoms with Crippen molar-refractivity contribution in [3.8, 4) is 0 Å². The van der Waals surface area contributed by atoms with Crippen LogP contribution in [0.3, 0.4) is 0 Å². The monoisotopic (exact) mass is 310 g/mol. The smallest absolute Gasteiger partial charge is 0.422 e. The SMILES string of the molecule is CCOC(=O)CC(=O)C[C@](O)(c1cccs1)C(F)(F)F. The molecule has 0 amide bonds. The number of carbonyl (C=O) groups excluding carboxylic acids is 2.